The fraction of sp³-hybridized carbons (Fsp3) is 0.400. The monoisotopic (exact) mass is 383 g/mol. The van der Waals surface area contributed by atoms with Gasteiger partial charge in [0.05, 0.1) is 5.69 Å². The van der Waals surface area contributed by atoms with E-state index in [1.165, 1.54) is 16.7 Å². The number of aliphatic imine (C=N–C) groups is 1. The first-order valence-corrected chi connectivity index (χ1v) is 8.81. The van der Waals surface area contributed by atoms with Gasteiger partial charge in [0, 0.05) is 24.0 Å². The average Bonchev–Trinajstić information content (AvgIpc) is 2.74. The number of thioether (sulfide) groups is 1. The molecule has 1 unspecified atom stereocenters. The number of benzene rings is 1. The van der Waals surface area contributed by atoms with Crippen LogP contribution in [0.15, 0.2) is 33.7 Å². The van der Waals surface area contributed by atoms with Crippen LogP contribution in [0.2, 0.25) is 0 Å². The highest BCUT2D eigenvalue weighted by molar-refractivity contribution is 9.10. The molecule has 1 atom stereocenters. The van der Waals surface area contributed by atoms with Crippen LogP contribution in [0.25, 0.3) is 0 Å². The molecule has 0 aromatic heterocycles. The Bertz CT molecular complexity index is 606. The minimum absolute atomic E-state index is 0.173. The lowest BCUT2D eigenvalue weighted by Gasteiger charge is -2.15. The number of amides is 2. The van der Waals surface area contributed by atoms with Crippen molar-refractivity contribution in [3.05, 3.63) is 28.7 Å². The molecule has 0 radical (unpaired) electrons. The molecule has 1 heterocycles. The molecule has 1 aliphatic rings. The maximum absolute atomic E-state index is 12.6. The molecule has 0 spiro atoms. The van der Waals surface area contributed by atoms with Crippen LogP contribution >= 0.6 is 27.7 Å². The third-order valence-electron chi connectivity index (χ3n) is 3.06. The van der Waals surface area contributed by atoms with Crippen LogP contribution in [0.5, 0.6) is 0 Å². The molecule has 22 heavy (non-hydrogen) atoms. The Hall–Kier alpha value is -1.34. The molecule has 2 rings (SSSR count). The number of amidine groups is 1. The zero-order chi connectivity index (χ0) is 16.1. The number of nitrogens with zero attached hydrogens (tertiary/aromatic N) is 2. The Morgan fingerprint density at radius 2 is 2.23 bits per heavy atom. The van der Waals surface area contributed by atoms with Crippen LogP contribution < -0.4 is 10.2 Å². The summed E-state index contributed by atoms with van der Waals surface area (Å²) in [4.78, 5) is 30.4. The van der Waals surface area contributed by atoms with E-state index in [2.05, 4.69) is 26.2 Å². The Labute approximate surface area is 142 Å². The van der Waals surface area contributed by atoms with Crippen LogP contribution in [0.3, 0.4) is 0 Å². The lowest BCUT2D eigenvalue weighted by molar-refractivity contribution is -0.121. The average molecular weight is 384 g/mol. The molecule has 1 aromatic rings. The van der Waals surface area contributed by atoms with Gasteiger partial charge < -0.3 is 5.32 Å². The van der Waals surface area contributed by atoms with Crippen molar-refractivity contribution < 1.29 is 9.59 Å². The second-order valence-electron chi connectivity index (χ2n) is 4.67. The summed E-state index contributed by atoms with van der Waals surface area (Å²) in [6, 6.07) is 7.20. The minimum atomic E-state index is -0.421. The molecule has 7 heteroatoms. The van der Waals surface area contributed by atoms with Crippen molar-refractivity contribution in [1.82, 2.24) is 5.32 Å². The molecule has 0 saturated carbocycles. The molecule has 1 aliphatic heterocycles. The topological polar surface area (TPSA) is 61.8 Å². The second kappa shape index (κ2) is 7.78. The van der Waals surface area contributed by atoms with Gasteiger partial charge in [-0.2, -0.15) is 0 Å². The van der Waals surface area contributed by atoms with Gasteiger partial charge in [-0.1, -0.05) is 33.8 Å². The van der Waals surface area contributed by atoms with Gasteiger partial charge in [-0.25, -0.2) is 4.90 Å². The zero-order valence-electron chi connectivity index (χ0n) is 12.5. The van der Waals surface area contributed by atoms with Gasteiger partial charge >= 0.3 is 0 Å². The Balaban J connectivity index is 2.16. The summed E-state index contributed by atoms with van der Waals surface area (Å²) >= 11 is 4.69. The number of carbonyl (C=O) groups is 2. The predicted octanol–water partition coefficient (Wildman–Crippen LogP) is 2.80. The normalized spacial score (nSPS) is 19.0. The van der Waals surface area contributed by atoms with E-state index in [1.54, 1.807) is 12.1 Å². The smallest absolute Gasteiger partial charge is 0.247 e. The number of hydrogen-bond acceptors (Lipinski definition) is 4. The van der Waals surface area contributed by atoms with Crippen molar-refractivity contribution >= 4 is 50.4 Å². The molecule has 1 N–H and O–H groups in total. The largest absolute Gasteiger partial charge is 0.365 e. The van der Waals surface area contributed by atoms with Crippen molar-refractivity contribution in [2.75, 3.05) is 18.0 Å². The first kappa shape index (κ1) is 17.0. The number of nitrogens with one attached hydrogen (secondary N) is 1. The van der Waals surface area contributed by atoms with E-state index in [4.69, 9.17) is 0 Å². The number of imide groups is 1. The van der Waals surface area contributed by atoms with Gasteiger partial charge in [-0.05, 0) is 32.0 Å². The van der Waals surface area contributed by atoms with E-state index in [0.29, 0.717) is 17.4 Å². The molecule has 118 valence electrons. The highest BCUT2D eigenvalue weighted by atomic mass is 79.9. The van der Waals surface area contributed by atoms with E-state index < -0.39 is 5.25 Å². The van der Waals surface area contributed by atoms with Crippen LogP contribution in [0, 0.1) is 0 Å². The van der Waals surface area contributed by atoms with Crippen LogP contribution in [0.1, 0.15) is 20.3 Å². The fourth-order valence-corrected chi connectivity index (χ4v) is 3.67. The number of anilines is 1. The number of hydrogen-bond donors (Lipinski definition) is 1. The quantitative estimate of drug-likeness (QED) is 0.493. The molecule has 1 fully saturated rings. The van der Waals surface area contributed by atoms with Crippen LogP contribution in [0.4, 0.5) is 5.69 Å². The van der Waals surface area contributed by atoms with Gasteiger partial charge in [0.15, 0.2) is 5.17 Å². The summed E-state index contributed by atoms with van der Waals surface area (Å²) in [7, 11) is 0. The molecule has 2 amide bonds. The highest BCUT2D eigenvalue weighted by Crippen LogP contribution is 2.31. The zero-order valence-corrected chi connectivity index (χ0v) is 14.9. The Morgan fingerprint density at radius 1 is 1.45 bits per heavy atom. The third-order valence-corrected chi connectivity index (χ3v) is 4.70. The predicted molar refractivity (Wildman–Crippen MR) is 94.3 cm³/mol. The van der Waals surface area contributed by atoms with Crippen molar-refractivity contribution in [3.63, 3.8) is 0 Å². The van der Waals surface area contributed by atoms with Gasteiger partial charge in [0.2, 0.25) is 11.8 Å². The third kappa shape index (κ3) is 3.89. The Kier molecular flexibility index (Phi) is 6.02. The summed E-state index contributed by atoms with van der Waals surface area (Å²) in [5.74, 6) is -0.359. The molecular formula is C15H18BrN3O2S. The summed E-state index contributed by atoms with van der Waals surface area (Å²) in [6.07, 6.45) is 0.199. The van der Waals surface area contributed by atoms with Gasteiger partial charge in [-0.15, -0.1) is 0 Å². The molecule has 1 saturated heterocycles. The maximum atomic E-state index is 12.6. The molecule has 5 nitrogen and oxygen atoms in total. The number of halogens is 1. The van der Waals surface area contributed by atoms with E-state index in [1.807, 2.05) is 26.0 Å². The first-order chi connectivity index (χ1) is 10.6. The summed E-state index contributed by atoms with van der Waals surface area (Å²) in [6.45, 7) is 5.28. The Morgan fingerprint density at radius 3 is 2.86 bits per heavy atom. The number of rotatable bonds is 4. The molecular weight excluding hydrogens is 366 g/mol. The lowest BCUT2D eigenvalue weighted by Crippen LogP contribution is -2.32. The summed E-state index contributed by atoms with van der Waals surface area (Å²) in [5, 5.41) is 3.43. The number of carbonyl (C=O) groups excluding carboxylic acids is 2. The lowest BCUT2D eigenvalue weighted by atomic mass is 10.3. The van der Waals surface area contributed by atoms with E-state index >= 15 is 0 Å². The van der Waals surface area contributed by atoms with Crippen LogP contribution in [-0.2, 0) is 9.59 Å². The minimum Gasteiger partial charge on any atom is -0.365 e. The second-order valence-corrected chi connectivity index (χ2v) is 6.77. The maximum Gasteiger partial charge on any atom is 0.247 e. The first-order valence-electron chi connectivity index (χ1n) is 7.14. The fourth-order valence-electron chi connectivity index (χ4n) is 2.15. The van der Waals surface area contributed by atoms with Crippen molar-refractivity contribution in [3.8, 4) is 0 Å². The summed E-state index contributed by atoms with van der Waals surface area (Å²) in [5.41, 5.74) is 0.602. The van der Waals surface area contributed by atoms with Gasteiger partial charge in [0.1, 0.15) is 5.25 Å². The van der Waals surface area contributed by atoms with Gasteiger partial charge in [-0.3, -0.25) is 14.6 Å². The van der Waals surface area contributed by atoms with Gasteiger partial charge in [0.25, 0.3) is 0 Å². The van der Waals surface area contributed by atoms with Crippen molar-refractivity contribution in [2.45, 2.75) is 25.5 Å². The highest BCUT2D eigenvalue weighted by Gasteiger charge is 2.40. The molecule has 0 aliphatic carbocycles. The van der Waals surface area contributed by atoms with Crippen LogP contribution in [-0.4, -0.2) is 35.3 Å². The molecule has 0 bridgehead atoms. The molecule has 1 aromatic carbocycles. The van der Waals surface area contributed by atoms with E-state index in [0.717, 1.165) is 11.0 Å². The van der Waals surface area contributed by atoms with Crippen molar-refractivity contribution in [2.24, 2.45) is 4.99 Å². The van der Waals surface area contributed by atoms with E-state index in [-0.39, 0.29) is 18.2 Å². The summed E-state index contributed by atoms with van der Waals surface area (Å²) < 4.78 is 0.836. The standard InChI is InChI=1S/C15H18BrN3O2S/c1-3-17-15(18-4-2)22-12-9-13(20)19(14(12)21)11-7-5-6-10(16)8-11/h5-8,12H,3-4,9H2,1-2H3,(H,17,18). The van der Waals surface area contributed by atoms with E-state index in [9.17, 15) is 9.59 Å². The van der Waals surface area contributed by atoms with Crippen molar-refractivity contribution in [1.29, 1.82) is 0 Å². The SMILES string of the molecule is CCN=C(NCC)SC1CC(=O)N(c2cccc(Br)c2)C1=O.